The third-order valence-corrected chi connectivity index (χ3v) is 4.21. The van der Waals surface area contributed by atoms with Crippen molar-refractivity contribution in [2.45, 2.75) is 43.8 Å². The van der Waals surface area contributed by atoms with E-state index in [1.54, 1.807) is 30.3 Å². The maximum absolute atomic E-state index is 12.7. The van der Waals surface area contributed by atoms with Crippen LogP contribution in [-0.4, -0.2) is 64.6 Å². The van der Waals surface area contributed by atoms with Crippen LogP contribution < -0.4 is 27.8 Å². The second kappa shape index (κ2) is 12.8. The molecule has 3 atom stereocenters. The van der Waals surface area contributed by atoms with Crippen LogP contribution in [0.1, 0.15) is 24.8 Å². The Morgan fingerprint density at radius 2 is 1.58 bits per heavy atom. The first kappa shape index (κ1) is 25.4. The molecule has 0 saturated heterocycles. The van der Waals surface area contributed by atoms with Gasteiger partial charge in [-0.05, 0) is 18.4 Å². The predicted octanol–water partition coefficient (Wildman–Crippen LogP) is -1.86. The number of aliphatic carboxylic acids is 2. The molecule has 170 valence electrons. The van der Waals surface area contributed by atoms with Crippen LogP contribution in [0.25, 0.3) is 0 Å². The van der Waals surface area contributed by atoms with E-state index in [2.05, 4.69) is 15.6 Å². The van der Waals surface area contributed by atoms with E-state index in [-0.39, 0.29) is 25.3 Å². The Morgan fingerprint density at radius 1 is 0.968 bits per heavy atom. The smallest absolute Gasteiger partial charge is 0.326 e. The average Bonchev–Trinajstić information content (AvgIpc) is 2.70. The van der Waals surface area contributed by atoms with Crippen LogP contribution in [0.2, 0.25) is 0 Å². The first-order valence-electron chi connectivity index (χ1n) is 9.50. The summed E-state index contributed by atoms with van der Waals surface area (Å²) in [6.07, 6.45) is -0.0727. The van der Waals surface area contributed by atoms with Gasteiger partial charge in [-0.25, -0.2) is 4.79 Å². The van der Waals surface area contributed by atoms with Crippen LogP contribution in [-0.2, 0) is 25.6 Å². The number of carboxylic acid groups (broad SMARTS) is 2. The van der Waals surface area contributed by atoms with E-state index in [4.69, 9.17) is 27.4 Å². The maximum atomic E-state index is 12.7. The van der Waals surface area contributed by atoms with Crippen molar-refractivity contribution in [3.63, 3.8) is 0 Å². The van der Waals surface area contributed by atoms with Gasteiger partial charge in [-0.3, -0.25) is 19.4 Å². The first-order chi connectivity index (χ1) is 14.6. The van der Waals surface area contributed by atoms with Gasteiger partial charge in [-0.15, -0.1) is 0 Å². The average molecular weight is 436 g/mol. The number of guanidine groups is 1. The molecule has 0 aliphatic rings. The SMILES string of the molecule is NC(N)=NCCCC(N)C(=O)NC(Cc1ccccc1)C(=O)NC(CC(=O)O)C(=O)O. The van der Waals surface area contributed by atoms with E-state index in [0.717, 1.165) is 0 Å². The lowest BCUT2D eigenvalue weighted by Crippen LogP contribution is -2.55. The Hall–Kier alpha value is -3.67. The van der Waals surface area contributed by atoms with Gasteiger partial charge in [0.2, 0.25) is 11.8 Å². The number of aliphatic imine (C=N–C) groups is 1. The molecule has 0 aromatic heterocycles. The number of benzene rings is 1. The number of carboxylic acids is 2. The number of carbonyl (C=O) groups is 4. The zero-order valence-electron chi connectivity index (χ0n) is 16.9. The molecule has 0 spiro atoms. The number of hydrogen-bond donors (Lipinski definition) is 7. The molecule has 0 radical (unpaired) electrons. The summed E-state index contributed by atoms with van der Waals surface area (Å²) in [5, 5.41) is 22.7. The van der Waals surface area contributed by atoms with Gasteiger partial charge < -0.3 is 38.0 Å². The quantitative estimate of drug-likeness (QED) is 0.104. The highest BCUT2D eigenvalue weighted by Gasteiger charge is 2.29. The number of amides is 2. The van der Waals surface area contributed by atoms with Crippen molar-refractivity contribution < 1.29 is 29.4 Å². The zero-order valence-corrected chi connectivity index (χ0v) is 16.9. The third-order valence-electron chi connectivity index (χ3n) is 4.21. The summed E-state index contributed by atoms with van der Waals surface area (Å²) in [6, 6.07) is 4.97. The summed E-state index contributed by atoms with van der Waals surface area (Å²) in [6.45, 7) is 0.284. The van der Waals surface area contributed by atoms with E-state index in [0.29, 0.717) is 12.0 Å². The van der Waals surface area contributed by atoms with Crippen LogP contribution >= 0.6 is 0 Å². The lowest BCUT2D eigenvalue weighted by atomic mass is 10.0. The second-order valence-corrected chi connectivity index (χ2v) is 6.80. The Balaban J connectivity index is 2.86. The minimum Gasteiger partial charge on any atom is -0.481 e. The molecular formula is C19H28N6O6. The summed E-state index contributed by atoms with van der Waals surface area (Å²) in [5.74, 6) is -4.42. The molecule has 0 aliphatic carbocycles. The van der Waals surface area contributed by atoms with Crippen molar-refractivity contribution in [1.29, 1.82) is 0 Å². The lowest BCUT2D eigenvalue weighted by molar-refractivity contribution is -0.147. The molecule has 0 saturated carbocycles. The van der Waals surface area contributed by atoms with Crippen LogP contribution in [0.4, 0.5) is 0 Å². The molecule has 0 aliphatic heterocycles. The van der Waals surface area contributed by atoms with E-state index in [9.17, 15) is 19.2 Å². The topological polar surface area (TPSA) is 223 Å². The Kier molecular flexibility index (Phi) is 10.5. The number of carbonyl (C=O) groups excluding carboxylic acids is 2. The fourth-order valence-corrected chi connectivity index (χ4v) is 2.64. The minimum absolute atomic E-state index is 0.0541. The lowest BCUT2D eigenvalue weighted by Gasteiger charge is -2.22. The molecular weight excluding hydrogens is 408 g/mol. The normalized spacial score (nSPS) is 13.3. The third kappa shape index (κ3) is 10.1. The zero-order chi connectivity index (χ0) is 23.4. The molecule has 12 nitrogen and oxygen atoms in total. The molecule has 0 heterocycles. The molecule has 12 heteroatoms. The van der Waals surface area contributed by atoms with E-state index >= 15 is 0 Å². The van der Waals surface area contributed by atoms with Crippen molar-refractivity contribution in [2.24, 2.45) is 22.2 Å². The van der Waals surface area contributed by atoms with E-state index in [1.807, 2.05) is 0 Å². The highest BCUT2D eigenvalue weighted by molar-refractivity contribution is 5.92. The van der Waals surface area contributed by atoms with Gasteiger partial charge in [0, 0.05) is 13.0 Å². The standard InChI is InChI=1S/C19H28N6O6/c20-12(7-4-8-23-19(21)22)16(28)24-13(9-11-5-2-1-3-6-11)17(29)25-14(18(30)31)10-15(26)27/h1-3,5-6,12-14H,4,7-10,20H2,(H,24,28)(H,25,29)(H,26,27)(H,30,31)(H4,21,22,23). The number of nitrogens with one attached hydrogen (secondary N) is 2. The monoisotopic (exact) mass is 436 g/mol. The molecule has 1 aromatic carbocycles. The first-order valence-corrected chi connectivity index (χ1v) is 9.50. The fourth-order valence-electron chi connectivity index (χ4n) is 2.64. The van der Waals surface area contributed by atoms with Gasteiger partial charge in [-0.2, -0.15) is 0 Å². The van der Waals surface area contributed by atoms with E-state index < -0.39 is 48.3 Å². The fraction of sp³-hybridized carbons (Fsp3) is 0.421. The van der Waals surface area contributed by atoms with Crippen LogP contribution in [0, 0.1) is 0 Å². The number of nitrogens with two attached hydrogens (primary N) is 3. The highest BCUT2D eigenvalue weighted by atomic mass is 16.4. The van der Waals surface area contributed by atoms with Crippen molar-refractivity contribution in [3.05, 3.63) is 35.9 Å². The summed E-state index contributed by atoms with van der Waals surface area (Å²) < 4.78 is 0. The molecule has 10 N–H and O–H groups in total. The van der Waals surface area contributed by atoms with Gasteiger partial charge >= 0.3 is 11.9 Å². The molecule has 0 fully saturated rings. The molecule has 2 amide bonds. The Morgan fingerprint density at radius 3 is 2.13 bits per heavy atom. The van der Waals surface area contributed by atoms with Crippen molar-refractivity contribution in [1.82, 2.24) is 10.6 Å². The Labute approximate surface area is 178 Å². The molecule has 1 aromatic rings. The molecule has 1 rings (SSSR count). The summed E-state index contributed by atoms with van der Waals surface area (Å²) in [7, 11) is 0. The van der Waals surface area contributed by atoms with Gasteiger partial charge in [0.15, 0.2) is 5.96 Å². The number of hydrogen-bond acceptors (Lipinski definition) is 6. The van der Waals surface area contributed by atoms with Crippen molar-refractivity contribution >= 4 is 29.7 Å². The van der Waals surface area contributed by atoms with E-state index in [1.165, 1.54) is 0 Å². The van der Waals surface area contributed by atoms with Crippen LogP contribution in [0.15, 0.2) is 35.3 Å². The minimum atomic E-state index is -1.64. The van der Waals surface area contributed by atoms with Gasteiger partial charge in [0.1, 0.15) is 12.1 Å². The van der Waals surface area contributed by atoms with Gasteiger partial charge in [0.25, 0.3) is 0 Å². The molecule has 31 heavy (non-hydrogen) atoms. The molecule has 3 unspecified atom stereocenters. The van der Waals surface area contributed by atoms with Crippen LogP contribution in [0.5, 0.6) is 0 Å². The largest absolute Gasteiger partial charge is 0.481 e. The van der Waals surface area contributed by atoms with Crippen molar-refractivity contribution in [3.8, 4) is 0 Å². The Bertz CT molecular complexity index is 796. The van der Waals surface area contributed by atoms with Gasteiger partial charge in [-0.1, -0.05) is 30.3 Å². The predicted molar refractivity (Wildman–Crippen MR) is 112 cm³/mol. The van der Waals surface area contributed by atoms with Gasteiger partial charge in [0.05, 0.1) is 12.5 Å². The maximum Gasteiger partial charge on any atom is 0.326 e. The number of rotatable bonds is 13. The van der Waals surface area contributed by atoms with Crippen molar-refractivity contribution in [2.75, 3.05) is 6.54 Å². The summed E-state index contributed by atoms with van der Waals surface area (Å²) in [4.78, 5) is 51.0. The van der Waals surface area contributed by atoms with Crippen LogP contribution in [0.3, 0.4) is 0 Å². The summed E-state index contributed by atoms with van der Waals surface area (Å²) in [5.41, 5.74) is 17.0. The highest BCUT2D eigenvalue weighted by Crippen LogP contribution is 2.06. The molecule has 0 bridgehead atoms. The summed E-state index contributed by atoms with van der Waals surface area (Å²) >= 11 is 0. The number of nitrogens with zero attached hydrogens (tertiary/aromatic N) is 1. The second-order valence-electron chi connectivity index (χ2n) is 6.80.